The van der Waals surface area contributed by atoms with Crippen molar-refractivity contribution < 1.29 is 35.8 Å². The number of ether oxygens (including phenoxy) is 2. The summed E-state index contributed by atoms with van der Waals surface area (Å²) >= 11 is 0. The molecule has 0 bridgehead atoms. The van der Waals surface area contributed by atoms with Crippen molar-refractivity contribution in [3.63, 3.8) is 0 Å². The Kier molecular flexibility index (Phi) is 5.17. The Morgan fingerprint density at radius 3 is 1.36 bits per heavy atom. The lowest BCUT2D eigenvalue weighted by Crippen LogP contribution is -2.16. The monoisotopic (exact) mass is 399 g/mol. The summed E-state index contributed by atoms with van der Waals surface area (Å²) in [6.07, 6.45) is -8.01. The zero-order valence-electron chi connectivity index (χ0n) is 13.9. The normalized spacial score (nSPS) is 11.9. The van der Waals surface area contributed by atoms with Gasteiger partial charge in [-0.05, 0) is 48.0 Å². The summed E-state index contributed by atoms with van der Waals surface area (Å²) in [7, 11) is 0. The molecule has 2 aromatic carbocycles. The van der Waals surface area contributed by atoms with E-state index < -0.39 is 12.7 Å². The third-order valence-electron chi connectivity index (χ3n) is 3.57. The average Bonchev–Trinajstić information content (AvgIpc) is 2.61. The van der Waals surface area contributed by atoms with E-state index in [1.807, 2.05) is 0 Å². The molecule has 3 rings (SSSR count). The molecule has 1 aromatic heterocycles. The van der Waals surface area contributed by atoms with Crippen LogP contribution in [0.5, 0.6) is 11.5 Å². The molecule has 0 atom stereocenters. The highest BCUT2D eigenvalue weighted by Gasteiger charge is 2.31. The number of pyridine rings is 1. The van der Waals surface area contributed by atoms with Gasteiger partial charge in [0.25, 0.3) is 0 Å². The van der Waals surface area contributed by atoms with E-state index in [4.69, 9.17) is 0 Å². The van der Waals surface area contributed by atoms with E-state index in [2.05, 4.69) is 14.5 Å². The molecule has 0 aliphatic carbocycles. The Morgan fingerprint density at radius 1 is 0.536 bits per heavy atom. The molecule has 0 amide bonds. The molecule has 1 heterocycles. The Balaban J connectivity index is 1.73. The number of hydrogen-bond donors (Lipinski definition) is 0. The first kappa shape index (κ1) is 19.5. The number of benzene rings is 2. The van der Waals surface area contributed by atoms with Crippen molar-refractivity contribution in [2.75, 3.05) is 0 Å². The van der Waals surface area contributed by atoms with Crippen molar-refractivity contribution in [1.82, 2.24) is 4.98 Å². The van der Waals surface area contributed by atoms with Gasteiger partial charge in [0.2, 0.25) is 0 Å². The summed E-state index contributed by atoms with van der Waals surface area (Å²) in [4.78, 5) is 4.24. The van der Waals surface area contributed by atoms with Gasteiger partial charge in [0.05, 0.1) is 5.69 Å². The first-order valence-corrected chi connectivity index (χ1v) is 7.77. The molecule has 146 valence electrons. The van der Waals surface area contributed by atoms with Crippen LogP contribution in [-0.4, -0.2) is 17.7 Å². The van der Waals surface area contributed by atoms with Crippen LogP contribution in [-0.2, 0) is 0 Å². The lowest BCUT2D eigenvalue weighted by molar-refractivity contribution is -0.275. The number of hydrogen-bond acceptors (Lipinski definition) is 3. The van der Waals surface area contributed by atoms with E-state index >= 15 is 0 Å². The third-order valence-corrected chi connectivity index (χ3v) is 3.57. The second-order valence-corrected chi connectivity index (χ2v) is 5.58. The van der Waals surface area contributed by atoms with Gasteiger partial charge >= 0.3 is 12.7 Å². The van der Waals surface area contributed by atoms with Crippen molar-refractivity contribution in [3.8, 4) is 33.9 Å². The molecule has 0 aliphatic rings. The summed E-state index contributed by atoms with van der Waals surface area (Å²) in [6, 6.07) is 13.9. The molecule has 0 N–H and O–H groups in total. The Labute approximate surface area is 155 Å². The predicted octanol–water partition coefficient (Wildman–Crippen LogP) is 6.21. The Morgan fingerprint density at radius 2 is 0.964 bits per heavy atom. The highest BCUT2D eigenvalue weighted by atomic mass is 19.4. The summed E-state index contributed by atoms with van der Waals surface area (Å²) in [5.41, 5.74) is 2.37. The smallest absolute Gasteiger partial charge is 0.406 e. The predicted molar refractivity (Wildman–Crippen MR) is 88.5 cm³/mol. The molecule has 0 saturated carbocycles. The highest BCUT2D eigenvalue weighted by Crippen LogP contribution is 2.29. The molecule has 9 heteroatoms. The Hall–Kier alpha value is -3.23. The molecular formula is C19H11F6NO2. The van der Waals surface area contributed by atoms with Crippen LogP contribution in [0.2, 0.25) is 0 Å². The highest BCUT2D eigenvalue weighted by molar-refractivity contribution is 5.67. The van der Waals surface area contributed by atoms with Gasteiger partial charge in [0.1, 0.15) is 11.5 Å². The van der Waals surface area contributed by atoms with Gasteiger partial charge in [-0.3, -0.25) is 4.98 Å². The van der Waals surface area contributed by atoms with E-state index in [-0.39, 0.29) is 11.5 Å². The van der Waals surface area contributed by atoms with Gasteiger partial charge in [-0.2, -0.15) is 0 Å². The van der Waals surface area contributed by atoms with Crippen molar-refractivity contribution in [2.45, 2.75) is 12.7 Å². The van der Waals surface area contributed by atoms with Crippen molar-refractivity contribution >= 4 is 0 Å². The maximum absolute atomic E-state index is 12.2. The summed E-state index contributed by atoms with van der Waals surface area (Å²) in [6.45, 7) is 0. The van der Waals surface area contributed by atoms with E-state index in [9.17, 15) is 26.3 Å². The molecule has 3 nitrogen and oxygen atoms in total. The first-order chi connectivity index (χ1) is 13.1. The van der Waals surface area contributed by atoms with Crippen molar-refractivity contribution in [1.29, 1.82) is 0 Å². The zero-order valence-corrected chi connectivity index (χ0v) is 13.9. The van der Waals surface area contributed by atoms with Gasteiger partial charge in [0.15, 0.2) is 0 Å². The molecule has 0 radical (unpaired) electrons. The van der Waals surface area contributed by atoms with E-state index in [1.54, 1.807) is 12.1 Å². The lowest BCUT2D eigenvalue weighted by Gasteiger charge is -2.10. The summed E-state index contributed by atoms with van der Waals surface area (Å²) in [5.74, 6) is -0.670. The largest absolute Gasteiger partial charge is 0.573 e. The van der Waals surface area contributed by atoms with Crippen LogP contribution in [0.1, 0.15) is 0 Å². The number of rotatable bonds is 4. The second-order valence-electron chi connectivity index (χ2n) is 5.58. The second kappa shape index (κ2) is 7.41. The maximum atomic E-state index is 12.2. The molecule has 3 aromatic rings. The van der Waals surface area contributed by atoms with E-state index in [0.29, 0.717) is 22.4 Å². The van der Waals surface area contributed by atoms with Crippen molar-refractivity contribution in [3.05, 3.63) is 66.9 Å². The fourth-order valence-corrected chi connectivity index (χ4v) is 2.41. The van der Waals surface area contributed by atoms with Gasteiger partial charge in [0, 0.05) is 17.3 Å². The minimum atomic E-state index is -4.76. The van der Waals surface area contributed by atoms with E-state index in [1.165, 1.54) is 54.7 Å². The quantitative estimate of drug-likeness (QED) is 0.489. The molecular weight excluding hydrogens is 388 g/mol. The lowest BCUT2D eigenvalue weighted by atomic mass is 10.1. The summed E-state index contributed by atoms with van der Waals surface area (Å²) in [5, 5.41) is 0. The number of nitrogens with zero attached hydrogens (tertiary/aromatic N) is 1. The molecule has 0 spiro atoms. The third kappa shape index (κ3) is 5.38. The van der Waals surface area contributed by atoms with Gasteiger partial charge in [-0.1, -0.05) is 18.2 Å². The van der Waals surface area contributed by atoms with Gasteiger partial charge < -0.3 is 9.47 Å². The fraction of sp³-hybridized carbons (Fsp3) is 0.105. The maximum Gasteiger partial charge on any atom is 0.573 e. The number of aromatic nitrogens is 1. The van der Waals surface area contributed by atoms with Crippen LogP contribution >= 0.6 is 0 Å². The SMILES string of the molecule is FC(F)(F)Oc1ccc(-c2ccc(-c3ccc(OC(F)(F)F)cc3)nc2)cc1. The molecule has 0 aliphatic heterocycles. The van der Waals surface area contributed by atoms with Crippen molar-refractivity contribution in [2.24, 2.45) is 0 Å². The number of halogens is 6. The van der Waals surface area contributed by atoms with E-state index in [0.717, 1.165) is 0 Å². The van der Waals surface area contributed by atoms with Crippen LogP contribution in [0.4, 0.5) is 26.3 Å². The van der Waals surface area contributed by atoms with Crippen LogP contribution in [0.25, 0.3) is 22.4 Å². The minimum Gasteiger partial charge on any atom is -0.406 e. The molecule has 0 unspecified atom stereocenters. The molecule has 0 fully saturated rings. The Bertz CT molecular complexity index is 839. The average molecular weight is 399 g/mol. The number of alkyl halides is 6. The van der Waals surface area contributed by atoms with Crippen LogP contribution < -0.4 is 9.47 Å². The van der Waals surface area contributed by atoms with Gasteiger partial charge in [-0.25, -0.2) is 0 Å². The standard InChI is InChI=1S/C19H11F6NO2/c20-18(21,22)27-15-6-1-12(2-7-15)14-5-10-17(26-11-14)13-3-8-16(9-4-13)28-19(23,24)25/h1-11H. The van der Waals surface area contributed by atoms with Crippen LogP contribution in [0.3, 0.4) is 0 Å². The fourth-order valence-electron chi connectivity index (χ4n) is 2.41. The first-order valence-electron chi connectivity index (χ1n) is 7.77. The van der Waals surface area contributed by atoms with Crippen LogP contribution in [0, 0.1) is 0 Å². The molecule has 28 heavy (non-hydrogen) atoms. The minimum absolute atomic E-state index is 0.331. The zero-order chi connectivity index (χ0) is 20.4. The van der Waals surface area contributed by atoms with Gasteiger partial charge in [-0.15, -0.1) is 26.3 Å². The topological polar surface area (TPSA) is 31.4 Å². The van der Waals surface area contributed by atoms with Crippen LogP contribution in [0.15, 0.2) is 66.9 Å². The summed E-state index contributed by atoms with van der Waals surface area (Å²) < 4.78 is 80.7. The molecule has 0 saturated heterocycles.